The number of benzene rings is 2. The van der Waals surface area contributed by atoms with Gasteiger partial charge in [0.2, 0.25) is 0 Å². The third-order valence-electron chi connectivity index (χ3n) is 4.48. The van der Waals surface area contributed by atoms with Crippen molar-refractivity contribution in [3.63, 3.8) is 0 Å². The Morgan fingerprint density at radius 3 is 2.03 bits per heavy atom. The molecule has 0 aromatic heterocycles. The number of fused-ring (bicyclic) bond motifs is 2. The molecule has 1 aliphatic heterocycles. The van der Waals surface area contributed by atoms with Crippen LogP contribution in [-0.2, 0) is 36.9 Å². The Kier molecular flexibility index (Phi) is 9.40. The van der Waals surface area contributed by atoms with Crippen molar-refractivity contribution < 1.29 is 28.8 Å². The van der Waals surface area contributed by atoms with E-state index in [4.69, 9.17) is 23.7 Å². The van der Waals surface area contributed by atoms with Crippen LogP contribution in [0.1, 0.15) is 22.8 Å². The maximum atomic E-state index is 10.6. The molecule has 1 unspecified atom stereocenters. The van der Waals surface area contributed by atoms with E-state index in [0.717, 1.165) is 10.0 Å². The van der Waals surface area contributed by atoms with Crippen molar-refractivity contribution in [2.75, 3.05) is 46.2 Å². The molecular formula is C22H27BrO6. The summed E-state index contributed by atoms with van der Waals surface area (Å²) in [5.41, 5.74) is 2.45. The molecule has 0 amide bonds. The van der Waals surface area contributed by atoms with E-state index in [2.05, 4.69) is 15.9 Å². The van der Waals surface area contributed by atoms with Crippen molar-refractivity contribution in [2.24, 2.45) is 0 Å². The molecule has 7 heteroatoms. The minimum Gasteiger partial charge on any atom is -0.507 e. The standard InChI is InChI=1S/C22H27BrO6/c23-20-12-18-14-27-9-8-25-6-7-26-10-11-29-21(17-4-2-1-3-5-17)16-28-15-19(13-20)22(18)24/h1-5,12-13,21,24H,6-11,14-16H2. The molecule has 0 aliphatic carbocycles. The summed E-state index contributed by atoms with van der Waals surface area (Å²) in [6, 6.07) is 13.7. The average molecular weight is 467 g/mol. The zero-order valence-electron chi connectivity index (χ0n) is 16.3. The predicted molar refractivity (Wildman–Crippen MR) is 112 cm³/mol. The second-order valence-corrected chi connectivity index (χ2v) is 7.55. The van der Waals surface area contributed by atoms with Crippen LogP contribution in [0.2, 0.25) is 0 Å². The number of rotatable bonds is 1. The summed E-state index contributed by atoms with van der Waals surface area (Å²) < 4.78 is 29.5. The first kappa shape index (κ1) is 22.2. The van der Waals surface area contributed by atoms with Crippen molar-refractivity contribution in [1.29, 1.82) is 0 Å². The van der Waals surface area contributed by atoms with Gasteiger partial charge in [0, 0.05) is 15.6 Å². The van der Waals surface area contributed by atoms with Crippen molar-refractivity contribution in [3.8, 4) is 5.75 Å². The van der Waals surface area contributed by atoms with E-state index >= 15 is 0 Å². The highest BCUT2D eigenvalue weighted by molar-refractivity contribution is 9.10. The van der Waals surface area contributed by atoms with Crippen LogP contribution < -0.4 is 0 Å². The second kappa shape index (κ2) is 12.3. The van der Waals surface area contributed by atoms with Gasteiger partial charge < -0.3 is 28.8 Å². The van der Waals surface area contributed by atoms with Crippen LogP contribution >= 0.6 is 15.9 Å². The van der Waals surface area contributed by atoms with Gasteiger partial charge in [-0.1, -0.05) is 46.3 Å². The molecule has 2 aromatic carbocycles. The lowest BCUT2D eigenvalue weighted by atomic mass is 10.1. The molecule has 0 spiro atoms. The van der Waals surface area contributed by atoms with E-state index in [0.29, 0.717) is 64.0 Å². The highest BCUT2D eigenvalue weighted by Gasteiger charge is 2.15. The van der Waals surface area contributed by atoms with Gasteiger partial charge in [0.05, 0.1) is 59.5 Å². The summed E-state index contributed by atoms with van der Waals surface area (Å²) in [4.78, 5) is 0. The summed E-state index contributed by atoms with van der Waals surface area (Å²) in [7, 11) is 0. The van der Waals surface area contributed by atoms with Crippen LogP contribution in [0.5, 0.6) is 5.75 Å². The SMILES string of the molecule is Oc1c2cc(Br)cc1COCC(c1ccccc1)OCCOCCOCCOC2. The van der Waals surface area contributed by atoms with E-state index in [1.54, 1.807) is 0 Å². The van der Waals surface area contributed by atoms with Gasteiger partial charge in [-0.15, -0.1) is 0 Å². The molecule has 2 bridgehead atoms. The van der Waals surface area contributed by atoms with Crippen molar-refractivity contribution in [2.45, 2.75) is 19.3 Å². The van der Waals surface area contributed by atoms with Gasteiger partial charge in [0.15, 0.2) is 0 Å². The zero-order chi connectivity index (χ0) is 20.3. The Hall–Kier alpha value is -1.48. The third-order valence-corrected chi connectivity index (χ3v) is 4.94. The highest BCUT2D eigenvalue weighted by atomic mass is 79.9. The van der Waals surface area contributed by atoms with Gasteiger partial charge >= 0.3 is 0 Å². The minimum atomic E-state index is -0.216. The van der Waals surface area contributed by atoms with Crippen molar-refractivity contribution >= 4 is 15.9 Å². The zero-order valence-corrected chi connectivity index (χ0v) is 17.9. The molecule has 6 nitrogen and oxygen atoms in total. The Morgan fingerprint density at radius 1 is 0.759 bits per heavy atom. The van der Waals surface area contributed by atoms with E-state index in [-0.39, 0.29) is 18.5 Å². The number of ether oxygens (including phenoxy) is 5. The lowest BCUT2D eigenvalue weighted by molar-refractivity contribution is -0.0511. The van der Waals surface area contributed by atoms with E-state index in [1.165, 1.54) is 0 Å². The smallest absolute Gasteiger partial charge is 0.126 e. The lowest BCUT2D eigenvalue weighted by Gasteiger charge is -2.19. The third kappa shape index (κ3) is 7.37. The highest BCUT2D eigenvalue weighted by Crippen LogP contribution is 2.29. The minimum absolute atomic E-state index is 0.195. The molecule has 0 radical (unpaired) electrons. The summed E-state index contributed by atoms with van der Waals surface area (Å²) >= 11 is 3.49. The Labute approximate surface area is 179 Å². The largest absolute Gasteiger partial charge is 0.507 e. The average Bonchev–Trinajstić information content (AvgIpc) is 2.73. The second-order valence-electron chi connectivity index (χ2n) is 6.64. The van der Waals surface area contributed by atoms with Gasteiger partial charge in [0.1, 0.15) is 11.9 Å². The first-order chi connectivity index (χ1) is 14.2. The summed E-state index contributed by atoms with van der Waals surface area (Å²) in [5, 5.41) is 10.6. The Bertz CT molecular complexity index is 740. The fourth-order valence-electron chi connectivity index (χ4n) is 2.99. The topological polar surface area (TPSA) is 66.4 Å². The number of hydrogen-bond donors (Lipinski definition) is 1. The molecule has 1 atom stereocenters. The van der Waals surface area contributed by atoms with Crippen LogP contribution in [0, 0.1) is 0 Å². The molecule has 0 saturated carbocycles. The van der Waals surface area contributed by atoms with Crippen LogP contribution in [0.25, 0.3) is 0 Å². The molecule has 29 heavy (non-hydrogen) atoms. The first-order valence-corrected chi connectivity index (χ1v) is 10.5. The summed E-state index contributed by atoms with van der Waals surface area (Å²) in [6.07, 6.45) is -0.216. The molecule has 1 aliphatic rings. The molecule has 0 saturated heterocycles. The van der Waals surface area contributed by atoms with E-state index < -0.39 is 0 Å². The van der Waals surface area contributed by atoms with Crippen LogP contribution in [-0.4, -0.2) is 51.4 Å². The van der Waals surface area contributed by atoms with Gasteiger partial charge in [0.25, 0.3) is 0 Å². The van der Waals surface area contributed by atoms with Crippen LogP contribution in [0.4, 0.5) is 0 Å². The Morgan fingerprint density at radius 2 is 1.34 bits per heavy atom. The van der Waals surface area contributed by atoms with E-state index in [1.807, 2.05) is 42.5 Å². The normalized spacial score (nSPS) is 20.5. The molecule has 2 aromatic rings. The van der Waals surface area contributed by atoms with E-state index in [9.17, 15) is 5.11 Å². The van der Waals surface area contributed by atoms with Gasteiger partial charge in [-0.2, -0.15) is 0 Å². The number of halogens is 1. The number of phenols is 1. The molecule has 1 heterocycles. The summed E-state index contributed by atoms with van der Waals surface area (Å²) in [6.45, 7) is 3.80. The number of aromatic hydroxyl groups is 1. The van der Waals surface area contributed by atoms with Crippen LogP contribution in [0.3, 0.4) is 0 Å². The maximum absolute atomic E-state index is 10.6. The summed E-state index contributed by atoms with van der Waals surface area (Å²) in [5.74, 6) is 0.195. The van der Waals surface area contributed by atoms with Crippen LogP contribution in [0.15, 0.2) is 46.9 Å². The van der Waals surface area contributed by atoms with Gasteiger partial charge in [-0.3, -0.25) is 0 Å². The number of hydrogen-bond acceptors (Lipinski definition) is 6. The molecular weight excluding hydrogens is 440 g/mol. The van der Waals surface area contributed by atoms with Gasteiger partial charge in [-0.25, -0.2) is 0 Å². The van der Waals surface area contributed by atoms with Gasteiger partial charge in [-0.05, 0) is 17.7 Å². The monoisotopic (exact) mass is 466 g/mol. The quantitative estimate of drug-likeness (QED) is 0.685. The Balaban J connectivity index is 1.70. The van der Waals surface area contributed by atoms with Crippen molar-refractivity contribution in [3.05, 3.63) is 63.6 Å². The first-order valence-electron chi connectivity index (χ1n) is 9.72. The molecule has 1 N–H and O–H groups in total. The number of phenolic OH excluding ortho intramolecular Hbond substituents is 1. The predicted octanol–water partition coefficient (Wildman–Crippen LogP) is 3.99. The fourth-order valence-corrected chi connectivity index (χ4v) is 3.55. The molecule has 3 rings (SSSR count). The molecule has 158 valence electrons. The van der Waals surface area contributed by atoms with Crippen molar-refractivity contribution in [1.82, 2.24) is 0 Å². The lowest BCUT2D eigenvalue weighted by Crippen LogP contribution is -2.17. The fraction of sp³-hybridized carbons (Fsp3) is 0.455. The maximum Gasteiger partial charge on any atom is 0.126 e. The molecule has 0 fully saturated rings.